The number of benzene rings is 2. The highest BCUT2D eigenvalue weighted by molar-refractivity contribution is 7.92. The summed E-state index contributed by atoms with van der Waals surface area (Å²) in [6, 6.07) is 8.35. The minimum Gasteiger partial charge on any atom is -0.338 e. The van der Waals surface area contributed by atoms with Crippen molar-refractivity contribution in [2.45, 2.75) is 10.4 Å². The Morgan fingerprint density at radius 2 is 1.79 bits per heavy atom. The summed E-state index contributed by atoms with van der Waals surface area (Å²) in [6.45, 7) is 0. The predicted molar refractivity (Wildman–Crippen MR) is 94.3 cm³/mol. The molecule has 0 aliphatic rings. The van der Waals surface area contributed by atoms with Crippen LogP contribution in [0.2, 0.25) is 0 Å². The Bertz CT molecular complexity index is 1320. The largest absolute Gasteiger partial charge is 0.501 e. The summed E-state index contributed by atoms with van der Waals surface area (Å²) in [5.74, 6) is -0.263. The number of nitrogens with zero attached hydrogens (tertiary/aromatic N) is 2. The lowest BCUT2D eigenvalue weighted by atomic mass is 10.2. The van der Waals surface area contributed by atoms with E-state index < -0.39 is 26.1 Å². The third-order valence-electron chi connectivity index (χ3n) is 4.11. The van der Waals surface area contributed by atoms with Crippen LogP contribution in [0.4, 0.5) is 29.1 Å². The molecule has 6 nitrogen and oxygen atoms in total. The number of hydrogen-bond acceptors (Lipinski definition) is 5. The highest BCUT2D eigenvalue weighted by Crippen LogP contribution is 2.34. The van der Waals surface area contributed by atoms with Crippen LogP contribution in [0.15, 0.2) is 53.6 Å². The van der Waals surface area contributed by atoms with Gasteiger partial charge in [0, 0.05) is 17.0 Å². The van der Waals surface area contributed by atoms with E-state index in [1.165, 1.54) is 36.5 Å². The SMILES string of the molecule is O=S(=O)(c1ccc2nccc(Nc3n[nH]c4ccc(F)cc34)c2c1)C(F)(F)F. The molecule has 0 spiro atoms. The molecular formula is C17H10F4N4O2S. The Morgan fingerprint density at radius 1 is 1.00 bits per heavy atom. The molecular weight excluding hydrogens is 400 g/mol. The van der Waals surface area contributed by atoms with Crippen LogP contribution >= 0.6 is 0 Å². The molecule has 0 aliphatic heterocycles. The highest BCUT2D eigenvalue weighted by Gasteiger charge is 2.46. The second-order valence-electron chi connectivity index (χ2n) is 5.87. The second-order valence-corrected chi connectivity index (χ2v) is 7.81. The first-order chi connectivity index (χ1) is 13.2. The number of fused-ring (bicyclic) bond motifs is 2. The molecule has 0 atom stereocenters. The quantitative estimate of drug-likeness (QED) is 0.492. The van der Waals surface area contributed by atoms with Gasteiger partial charge in [0.15, 0.2) is 5.82 Å². The smallest absolute Gasteiger partial charge is 0.338 e. The Balaban J connectivity index is 1.85. The highest BCUT2D eigenvalue weighted by atomic mass is 32.2. The topological polar surface area (TPSA) is 87.7 Å². The molecule has 0 saturated carbocycles. The maximum atomic E-state index is 13.5. The molecule has 4 aromatic rings. The molecule has 11 heteroatoms. The molecule has 0 radical (unpaired) electrons. The van der Waals surface area contributed by atoms with Gasteiger partial charge in [-0.2, -0.15) is 18.3 Å². The third kappa shape index (κ3) is 2.93. The monoisotopic (exact) mass is 410 g/mol. The lowest BCUT2D eigenvalue weighted by molar-refractivity contribution is -0.0435. The molecule has 0 fully saturated rings. The molecule has 0 aliphatic carbocycles. The van der Waals surface area contributed by atoms with Crippen molar-refractivity contribution in [1.29, 1.82) is 0 Å². The van der Waals surface area contributed by atoms with Gasteiger partial charge in [-0.15, -0.1) is 0 Å². The molecule has 144 valence electrons. The summed E-state index contributed by atoms with van der Waals surface area (Å²) in [5, 5.41) is 10.2. The lowest BCUT2D eigenvalue weighted by Crippen LogP contribution is -2.23. The first kappa shape index (κ1) is 18.2. The number of sulfone groups is 1. The maximum Gasteiger partial charge on any atom is 0.501 e. The first-order valence-corrected chi connectivity index (χ1v) is 9.26. The van der Waals surface area contributed by atoms with E-state index in [0.29, 0.717) is 10.9 Å². The summed E-state index contributed by atoms with van der Waals surface area (Å²) >= 11 is 0. The minimum absolute atomic E-state index is 0.139. The van der Waals surface area contributed by atoms with E-state index in [4.69, 9.17) is 0 Å². The molecule has 2 aromatic carbocycles. The Kier molecular flexibility index (Phi) is 4.00. The van der Waals surface area contributed by atoms with Crippen molar-refractivity contribution in [1.82, 2.24) is 15.2 Å². The molecule has 2 aromatic heterocycles. The normalized spacial score (nSPS) is 12.6. The minimum atomic E-state index is -5.51. The van der Waals surface area contributed by atoms with Gasteiger partial charge >= 0.3 is 5.51 Å². The molecule has 2 N–H and O–H groups in total. The summed E-state index contributed by atoms with van der Waals surface area (Å²) < 4.78 is 75.6. The predicted octanol–water partition coefficient (Wildman–Crippen LogP) is 4.29. The van der Waals surface area contributed by atoms with E-state index >= 15 is 0 Å². The summed E-state index contributed by atoms with van der Waals surface area (Å²) in [5.41, 5.74) is -4.34. The number of aromatic amines is 1. The van der Waals surface area contributed by atoms with E-state index in [-0.39, 0.29) is 22.4 Å². The number of aromatic nitrogens is 3. The average molecular weight is 410 g/mol. The van der Waals surface area contributed by atoms with Crippen LogP contribution in [0.5, 0.6) is 0 Å². The van der Waals surface area contributed by atoms with Crippen molar-refractivity contribution >= 4 is 43.1 Å². The molecule has 0 amide bonds. The van der Waals surface area contributed by atoms with Crippen molar-refractivity contribution < 1.29 is 26.0 Å². The van der Waals surface area contributed by atoms with Crippen molar-refractivity contribution in [3.8, 4) is 0 Å². The van der Waals surface area contributed by atoms with E-state index in [1.54, 1.807) is 0 Å². The van der Waals surface area contributed by atoms with Crippen molar-refractivity contribution in [2.75, 3.05) is 5.32 Å². The number of rotatable bonds is 3. The molecule has 0 unspecified atom stereocenters. The summed E-state index contributed by atoms with van der Waals surface area (Å²) in [4.78, 5) is 3.13. The number of halogens is 4. The summed E-state index contributed by atoms with van der Waals surface area (Å²) in [7, 11) is -5.51. The van der Waals surface area contributed by atoms with Crippen LogP contribution in [0.3, 0.4) is 0 Å². The van der Waals surface area contributed by atoms with Gasteiger partial charge in [0.05, 0.1) is 21.6 Å². The fourth-order valence-corrected chi connectivity index (χ4v) is 3.53. The van der Waals surface area contributed by atoms with Gasteiger partial charge in [-0.1, -0.05) is 0 Å². The van der Waals surface area contributed by atoms with Gasteiger partial charge in [0.1, 0.15) is 5.82 Å². The van der Waals surface area contributed by atoms with Gasteiger partial charge < -0.3 is 5.32 Å². The average Bonchev–Trinajstić information content (AvgIpc) is 3.02. The fourth-order valence-electron chi connectivity index (χ4n) is 2.74. The standard InChI is InChI=1S/C17H10F4N4O2S/c18-9-1-3-15-12(7-9)16(25-24-15)23-14-5-6-22-13-4-2-10(8-11(13)14)28(26,27)17(19,20)21/h1-8H,(H2,22,23,24,25). The van der Waals surface area contributed by atoms with Crippen LogP contribution in [-0.4, -0.2) is 29.1 Å². The Morgan fingerprint density at radius 3 is 2.54 bits per heavy atom. The number of H-pyrrole nitrogens is 1. The van der Waals surface area contributed by atoms with Crippen molar-refractivity contribution in [2.24, 2.45) is 0 Å². The zero-order valence-corrected chi connectivity index (χ0v) is 14.6. The van der Waals surface area contributed by atoms with Gasteiger partial charge in [-0.05, 0) is 42.5 Å². The van der Waals surface area contributed by atoms with Crippen LogP contribution in [0, 0.1) is 5.82 Å². The molecule has 0 bridgehead atoms. The first-order valence-electron chi connectivity index (χ1n) is 7.77. The number of alkyl halides is 3. The number of nitrogens with one attached hydrogen (secondary N) is 2. The van der Waals surface area contributed by atoms with Crippen molar-refractivity contribution in [3.63, 3.8) is 0 Å². The van der Waals surface area contributed by atoms with Crippen LogP contribution in [-0.2, 0) is 9.84 Å². The maximum absolute atomic E-state index is 13.5. The fraction of sp³-hybridized carbons (Fsp3) is 0.0588. The third-order valence-corrected chi connectivity index (χ3v) is 5.59. The Labute approximate surface area is 155 Å². The number of hydrogen-bond donors (Lipinski definition) is 2. The zero-order chi connectivity index (χ0) is 20.1. The van der Waals surface area contributed by atoms with Crippen molar-refractivity contribution in [3.05, 3.63) is 54.5 Å². The molecule has 4 rings (SSSR count). The van der Waals surface area contributed by atoms with Gasteiger partial charge in [-0.25, -0.2) is 12.8 Å². The lowest BCUT2D eigenvalue weighted by Gasteiger charge is -2.11. The molecule has 28 heavy (non-hydrogen) atoms. The van der Waals surface area contributed by atoms with E-state index in [2.05, 4.69) is 20.5 Å². The van der Waals surface area contributed by atoms with Crippen LogP contribution in [0.1, 0.15) is 0 Å². The van der Waals surface area contributed by atoms with Crippen LogP contribution < -0.4 is 5.32 Å². The number of pyridine rings is 1. The second kappa shape index (κ2) is 6.16. The van der Waals surface area contributed by atoms with E-state index in [0.717, 1.165) is 12.1 Å². The Hall–Kier alpha value is -3.21. The van der Waals surface area contributed by atoms with Gasteiger partial charge in [-0.3, -0.25) is 10.1 Å². The number of anilines is 2. The van der Waals surface area contributed by atoms with E-state index in [9.17, 15) is 26.0 Å². The van der Waals surface area contributed by atoms with Crippen LogP contribution in [0.25, 0.3) is 21.8 Å². The molecule has 2 heterocycles. The summed E-state index contributed by atoms with van der Waals surface area (Å²) in [6.07, 6.45) is 1.40. The van der Waals surface area contributed by atoms with Gasteiger partial charge in [0.2, 0.25) is 0 Å². The molecule has 0 saturated heterocycles. The zero-order valence-electron chi connectivity index (χ0n) is 13.7. The van der Waals surface area contributed by atoms with Gasteiger partial charge in [0.25, 0.3) is 9.84 Å². The van der Waals surface area contributed by atoms with E-state index in [1.807, 2.05) is 0 Å².